The maximum absolute atomic E-state index is 2.43. The lowest BCUT2D eigenvalue weighted by Crippen LogP contribution is -1.91. The highest BCUT2D eigenvalue weighted by atomic mass is 32.1. The van der Waals surface area contributed by atoms with Gasteiger partial charge in [-0.1, -0.05) is 188 Å². The summed E-state index contributed by atoms with van der Waals surface area (Å²) in [6.07, 6.45) is 0. The van der Waals surface area contributed by atoms with Crippen LogP contribution in [0.2, 0.25) is 0 Å². The zero-order chi connectivity index (χ0) is 37.5. The van der Waals surface area contributed by atoms with Crippen LogP contribution in [0.4, 0.5) is 0 Å². The summed E-state index contributed by atoms with van der Waals surface area (Å²) >= 11 is 1.90. The van der Waals surface area contributed by atoms with E-state index >= 15 is 0 Å². The molecule has 0 bridgehead atoms. The fourth-order valence-electron chi connectivity index (χ4n) is 9.47. The van der Waals surface area contributed by atoms with Crippen LogP contribution in [0.25, 0.3) is 119 Å². The molecule has 0 aliphatic heterocycles. The van der Waals surface area contributed by atoms with Crippen molar-refractivity contribution in [3.05, 3.63) is 206 Å². The van der Waals surface area contributed by atoms with Gasteiger partial charge in [-0.3, -0.25) is 0 Å². The average molecular weight is 739 g/mol. The normalized spacial score (nSPS) is 11.9. The maximum Gasteiger partial charge on any atom is 0.0433 e. The van der Waals surface area contributed by atoms with Gasteiger partial charge in [0, 0.05) is 20.2 Å². The zero-order valence-electron chi connectivity index (χ0n) is 31.0. The highest BCUT2D eigenvalue weighted by molar-refractivity contribution is 7.26. The van der Waals surface area contributed by atoms with Crippen molar-refractivity contribution in [2.24, 2.45) is 0 Å². The molecule has 0 saturated carbocycles. The van der Waals surface area contributed by atoms with E-state index < -0.39 is 0 Å². The van der Waals surface area contributed by atoms with Crippen molar-refractivity contribution in [2.45, 2.75) is 0 Å². The van der Waals surface area contributed by atoms with Gasteiger partial charge in [0.15, 0.2) is 0 Å². The number of hydrogen-bond donors (Lipinski definition) is 0. The van der Waals surface area contributed by atoms with Crippen molar-refractivity contribution in [3.63, 3.8) is 0 Å². The van der Waals surface area contributed by atoms with Crippen LogP contribution < -0.4 is 0 Å². The van der Waals surface area contributed by atoms with Crippen molar-refractivity contribution in [1.29, 1.82) is 0 Å². The molecule has 0 radical (unpaired) electrons. The second-order valence-electron chi connectivity index (χ2n) is 15.1. The van der Waals surface area contributed by atoms with Crippen molar-refractivity contribution < 1.29 is 0 Å². The average Bonchev–Trinajstić information content (AvgIpc) is 3.66. The second kappa shape index (κ2) is 12.7. The third-order valence-electron chi connectivity index (χ3n) is 12.1. The maximum atomic E-state index is 2.43. The molecule has 264 valence electrons. The molecule has 11 aromatic carbocycles. The minimum Gasteiger partial charge on any atom is -0.135 e. The number of thiophene rings is 1. The Labute approximate surface area is 334 Å². The molecule has 0 aliphatic carbocycles. The van der Waals surface area contributed by atoms with Gasteiger partial charge < -0.3 is 0 Å². The van der Waals surface area contributed by atoms with Gasteiger partial charge >= 0.3 is 0 Å². The molecule has 0 amide bonds. The molecule has 0 aliphatic rings. The molecule has 0 fully saturated rings. The van der Waals surface area contributed by atoms with Crippen molar-refractivity contribution in [1.82, 2.24) is 0 Å². The Morgan fingerprint density at radius 1 is 0.246 bits per heavy atom. The Morgan fingerprint density at radius 2 is 0.754 bits per heavy atom. The highest BCUT2D eigenvalue weighted by Crippen LogP contribution is 2.47. The summed E-state index contributed by atoms with van der Waals surface area (Å²) in [5.41, 5.74) is 9.99. The van der Waals surface area contributed by atoms with Gasteiger partial charge in [-0.2, -0.15) is 0 Å². The van der Waals surface area contributed by atoms with Crippen LogP contribution in [-0.2, 0) is 0 Å². The number of rotatable bonds is 4. The second-order valence-corrected chi connectivity index (χ2v) is 16.2. The summed E-state index contributed by atoms with van der Waals surface area (Å²) < 4.78 is 2.69. The Balaban J connectivity index is 1.02. The first-order chi connectivity index (χ1) is 28.3. The smallest absolute Gasteiger partial charge is 0.0433 e. The third-order valence-corrected chi connectivity index (χ3v) is 13.3. The van der Waals surface area contributed by atoms with E-state index in [1.807, 2.05) is 11.3 Å². The minimum absolute atomic E-state index is 1.21. The molecule has 12 aromatic rings. The molecule has 0 spiro atoms. The molecular weight excluding hydrogens is 705 g/mol. The number of benzene rings is 11. The van der Waals surface area contributed by atoms with Crippen LogP contribution in [0.3, 0.4) is 0 Å². The number of fused-ring (bicyclic) bond motifs is 10. The summed E-state index contributed by atoms with van der Waals surface area (Å²) in [4.78, 5) is 0. The van der Waals surface area contributed by atoms with E-state index in [0.717, 1.165) is 0 Å². The van der Waals surface area contributed by atoms with Crippen LogP contribution in [0, 0.1) is 0 Å². The topological polar surface area (TPSA) is 0 Å². The van der Waals surface area contributed by atoms with Gasteiger partial charge in [-0.25, -0.2) is 0 Å². The summed E-state index contributed by atoms with van der Waals surface area (Å²) in [5, 5.41) is 15.5. The fourth-order valence-corrected chi connectivity index (χ4v) is 10.7. The van der Waals surface area contributed by atoms with Gasteiger partial charge in [0.2, 0.25) is 0 Å². The first kappa shape index (κ1) is 32.2. The van der Waals surface area contributed by atoms with E-state index in [4.69, 9.17) is 0 Å². The first-order valence-electron chi connectivity index (χ1n) is 19.7. The van der Waals surface area contributed by atoms with E-state index in [-0.39, 0.29) is 0 Å². The molecule has 0 atom stereocenters. The predicted octanol–water partition coefficient (Wildman–Crippen LogP) is 16.5. The van der Waals surface area contributed by atoms with E-state index in [0.29, 0.717) is 0 Å². The van der Waals surface area contributed by atoms with Gasteiger partial charge in [0.1, 0.15) is 0 Å². The zero-order valence-corrected chi connectivity index (χ0v) is 31.9. The standard InChI is InChI=1S/C56H34S/c1-4-17-42-35(13-1)29-31-50-52-34-39(30-32-53(52)57-56(42)50)55-48-23-11-9-21-46(48)54(47-22-10-12-24-49(47)55)37-27-25-36(26-28-37)40-15-5-6-19-44(40)51-33-38-14-2-3-16-41(38)43-18-7-8-20-45(43)51/h1-34H. The Hall–Kier alpha value is -7.06. The number of hydrogen-bond acceptors (Lipinski definition) is 1. The van der Waals surface area contributed by atoms with Crippen LogP contribution in [0.5, 0.6) is 0 Å². The fraction of sp³-hybridized carbons (Fsp3) is 0. The van der Waals surface area contributed by atoms with Gasteiger partial charge in [0.05, 0.1) is 0 Å². The van der Waals surface area contributed by atoms with Crippen LogP contribution >= 0.6 is 11.3 Å². The van der Waals surface area contributed by atoms with E-state index in [1.54, 1.807) is 0 Å². The molecule has 1 heteroatoms. The molecule has 57 heavy (non-hydrogen) atoms. The van der Waals surface area contributed by atoms with Gasteiger partial charge in [-0.15, -0.1) is 11.3 Å². The monoisotopic (exact) mass is 738 g/mol. The molecule has 0 N–H and O–H groups in total. The van der Waals surface area contributed by atoms with Crippen LogP contribution in [0.15, 0.2) is 206 Å². The predicted molar refractivity (Wildman–Crippen MR) is 249 cm³/mol. The Kier molecular flexibility index (Phi) is 7.20. The summed E-state index contributed by atoms with van der Waals surface area (Å²) in [6.45, 7) is 0. The van der Waals surface area contributed by atoms with Crippen LogP contribution in [0.1, 0.15) is 0 Å². The van der Waals surface area contributed by atoms with Crippen molar-refractivity contribution >= 4 is 85.4 Å². The SMILES string of the molecule is c1ccc(-c2cc3ccccc3c3ccccc23)c(-c2ccc(-c3c4ccccc4c(-c4ccc5sc6c7ccccc7ccc6c5c4)c4ccccc34)cc2)c1. The molecular formula is C56H34S. The van der Waals surface area contributed by atoms with Crippen LogP contribution in [-0.4, -0.2) is 0 Å². The molecule has 0 unspecified atom stereocenters. The third kappa shape index (κ3) is 4.99. The first-order valence-corrected chi connectivity index (χ1v) is 20.5. The molecule has 1 heterocycles. The summed E-state index contributed by atoms with van der Waals surface area (Å²) in [7, 11) is 0. The lowest BCUT2D eigenvalue weighted by Gasteiger charge is -2.18. The van der Waals surface area contributed by atoms with E-state index in [2.05, 4.69) is 206 Å². The lowest BCUT2D eigenvalue weighted by atomic mass is 9.85. The Morgan fingerprint density at radius 3 is 1.46 bits per heavy atom. The largest absolute Gasteiger partial charge is 0.135 e. The molecule has 1 aromatic heterocycles. The van der Waals surface area contributed by atoms with E-state index in [1.165, 1.54) is 119 Å². The summed E-state index contributed by atoms with van der Waals surface area (Å²) in [5.74, 6) is 0. The Bertz CT molecular complexity index is 3510. The van der Waals surface area contributed by atoms with Crippen molar-refractivity contribution in [2.75, 3.05) is 0 Å². The molecule has 0 saturated heterocycles. The minimum atomic E-state index is 1.21. The quantitative estimate of drug-likeness (QED) is 0.125. The molecule has 0 nitrogen and oxygen atoms in total. The lowest BCUT2D eigenvalue weighted by molar-refractivity contribution is 1.60. The van der Waals surface area contributed by atoms with Crippen molar-refractivity contribution in [3.8, 4) is 44.5 Å². The van der Waals surface area contributed by atoms with E-state index in [9.17, 15) is 0 Å². The highest BCUT2D eigenvalue weighted by Gasteiger charge is 2.19. The van der Waals surface area contributed by atoms with Gasteiger partial charge in [0.25, 0.3) is 0 Å². The summed E-state index contributed by atoms with van der Waals surface area (Å²) in [6, 6.07) is 76.5. The molecule has 12 rings (SSSR count). The van der Waals surface area contributed by atoms with Gasteiger partial charge in [-0.05, 0) is 117 Å².